The zero-order chi connectivity index (χ0) is 19.3. The van der Waals surface area contributed by atoms with E-state index in [-0.39, 0.29) is 5.56 Å². The minimum absolute atomic E-state index is 0.0175. The number of hydrogen-bond donors (Lipinski definition) is 1. The maximum atomic E-state index is 13.7. The molecule has 8 heteroatoms. The number of anilines is 1. The van der Waals surface area contributed by atoms with Crippen LogP contribution < -0.4 is 10.1 Å². The van der Waals surface area contributed by atoms with Gasteiger partial charge in [0, 0.05) is 24.1 Å². The molecule has 0 atom stereocenters. The van der Waals surface area contributed by atoms with Crippen molar-refractivity contribution in [2.24, 2.45) is 0 Å². The lowest BCUT2D eigenvalue weighted by Crippen LogP contribution is -2.13. The smallest absolute Gasteiger partial charge is 0.258 e. The Morgan fingerprint density at radius 2 is 1.82 bits per heavy atom. The zero-order valence-corrected chi connectivity index (χ0v) is 14.5. The average Bonchev–Trinajstić information content (AvgIpc) is 3.25. The van der Waals surface area contributed by atoms with Crippen LogP contribution in [0.2, 0.25) is 0 Å². The number of halogens is 1. The predicted octanol–water partition coefficient (Wildman–Crippen LogP) is 3.85. The first kappa shape index (κ1) is 17.3. The van der Waals surface area contributed by atoms with Gasteiger partial charge in [0.1, 0.15) is 17.9 Å². The fourth-order valence-electron chi connectivity index (χ4n) is 2.47. The number of ether oxygens (including phenoxy) is 1. The molecular formula is C20H14FN5O2. The largest absolute Gasteiger partial charge is 0.438 e. The highest BCUT2D eigenvalue weighted by Gasteiger charge is 2.11. The molecule has 2 heterocycles. The molecule has 1 amide bonds. The number of carbonyl (C=O) groups is 1. The van der Waals surface area contributed by atoms with Crippen molar-refractivity contribution in [3.05, 3.63) is 90.8 Å². The molecular weight excluding hydrogens is 361 g/mol. The third-order valence-electron chi connectivity index (χ3n) is 3.85. The Kier molecular flexibility index (Phi) is 4.75. The Bertz CT molecular complexity index is 1080. The summed E-state index contributed by atoms with van der Waals surface area (Å²) in [4.78, 5) is 16.1. The van der Waals surface area contributed by atoms with E-state index in [4.69, 9.17) is 4.74 Å². The van der Waals surface area contributed by atoms with Gasteiger partial charge in [0.25, 0.3) is 5.91 Å². The first-order valence-corrected chi connectivity index (χ1v) is 8.35. The summed E-state index contributed by atoms with van der Waals surface area (Å²) in [6.07, 6.45) is 5.04. The van der Waals surface area contributed by atoms with Crippen LogP contribution in [-0.4, -0.2) is 25.7 Å². The lowest BCUT2D eigenvalue weighted by Gasteiger charge is -2.08. The van der Waals surface area contributed by atoms with E-state index in [0.29, 0.717) is 23.1 Å². The van der Waals surface area contributed by atoms with Crippen LogP contribution in [0.5, 0.6) is 11.6 Å². The fraction of sp³-hybridized carbons (Fsp3) is 0. The van der Waals surface area contributed by atoms with Crippen molar-refractivity contribution < 1.29 is 13.9 Å². The SMILES string of the molecule is O=C(Nc1ccc(Oc2ccc(-n3ccnc3)nn2)cc1)c1ccccc1F. The molecule has 28 heavy (non-hydrogen) atoms. The van der Waals surface area contributed by atoms with E-state index in [1.54, 1.807) is 65.8 Å². The van der Waals surface area contributed by atoms with E-state index < -0.39 is 11.7 Å². The molecule has 0 bridgehead atoms. The molecule has 0 aliphatic carbocycles. The predicted molar refractivity (Wildman–Crippen MR) is 100 cm³/mol. The molecule has 0 saturated heterocycles. The molecule has 138 valence electrons. The molecule has 0 aliphatic rings. The highest BCUT2D eigenvalue weighted by atomic mass is 19.1. The highest BCUT2D eigenvalue weighted by molar-refractivity contribution is 6.04. The van der Waals surface area contributed by atoms with Gasteiger partial charge in [-0.3, -0.25) is 9.36 Å². The summed E-state index contributed by atoms with van der Waals surface area (Å²) >= 11 is 0. The summed E-state index contributed by atoms with van der Waals surface area (Å²) in [6, 6.07) is 15.9. The monoisotopic (exact) mass is 375 g/mol. The van der Waals surface area contributed by atoms with Crippen molar-refractivity contribution in [1.29, 1.82) is 0 Å². The summed E-state index contributed by atoms with van der Waals surface area (Å²) in [7, 11) is 0. The second-order valence-corrected chi connectivity index (χ2v) is 5.76. The van der Waals surface area contributed by atoms with Gasteiger partial charge in [0.05, 0.1) is 5.56 Å². The summed E-state index contributed by atoms with van der Waals surface area (Å²) in [5.41, 5.74) is 0.498. The van der Waals surface area contributed by atoms with Crippen LogP contribution in [0.3, 0.4) is 0 Å². The van der Waals surface area contributed by atoms with Crippen LogP contribution in [0.25, 0.3) is 5.82 Å². The molecule has 1 N–H and O–H groups in total. The van der Waals surface area contributed by atoms with Gasteiger partial charge >= 0.3 is 0 Å². The third kappa shape index (κ3) is 3.85. The summed E-state index contributed by atoms with van der Waals surface area (Å²) in [5.74, 6) is 0.377. The van der Waals surface area contributed by atoms with Crippen molar-refractivity contribution in [1.82, 2.24) is 19.7 Å². The van der Waals surface area contributed by atoms with E-state index >= 15 is 0 Å². The molecule has 2 aromatic carbocycles. The van der Waals surface area contributed by atoms with Crippen LogP contribution in [0.4, 0.5) is 10.1 Å². The van der Waals surface area contributed by atoms with E-state index in [1.807, 2.05) is 0 Å². The van der Waals surface area contributed by atoms with E-state index in [9.17, 15) is 9.18 Å². The number of benzene rings is 2. The van der Waals surface area contributed by atoms with Crippen molar-refractivity contribution in [3.8, 4) is 17.4 Å². The van der Waals surface area contributed by atoms with Crippen LogP contribution in [0, 0.1) is 5.82 Å². The Labute approximate surface area is 159 Å². The van der Waals surface area contributed by atoms with Crippen molar-refractivity contribution in [2.75, 3.05) is 5.32 Å². The van der Waals surface area contributed by atoms with E-state index in [1.165, 1.54) is 18.2 Å². The number of imidazole rings is 1. The van der Waals surface area contributed by atoms with Crippen LogP contribution >= 0.6 is 0 Å². The topological polar surface area (TPSA) is 81.9 Å². The number of carbonyl (C=O) groups excluding carboxylic acids is 1. The van der Waals surface area contributed by atoms with Gasteiger partial charge in [-0.05, 0) is 42.5 Å². The maximum absolute atomic E-state index is 13.7. The molecule has 0 saturated carbocycles. The second kappa shape index (κ2) is 7.67. The molecule has 0 spiro atoms. The maximum Gasteiger partial charge on any atom is 0.258 e. The van der Waals surface area contributed by atoms with Crippen LogP contribution in [-0.2, 0) is 0 Å². The average molecular weight is 375 g/mol. The number of aromatic nitrogens is 4. The number of hydrogen-bond acceptors (Lipinski definition) is 5. The minimum atomic E-state index is -0.572. The van der Waals surface area contributed by atoms with E-state index in [2.05, 4.69) is 20.5 Å². The molecule has 4 aromatic rings. The summed E-state index contributed by atoms with van der Waals surface area (Å²) < 4.78 is 21.0. The molecule has 0 fully saturated rings. The molecule has 7 nitrogen and oxygen atoms in total. The van der Waals surface area contributed by atoms with Gasteiger partial charge in [-0.15, -0.1) is 10.2 Å². The van der Waals surface area contributed by atoms with Crippen LogP contribution in [0.1, 0.15) is 10.4 Å². The first-order valence-electron chi connectivity index (χ1n) is 8.35. The molecule has 0 aliphatic heterocycles. The minimum Gasteiger partial charge on any atom is -0.438 e. The summed E-state index contributed by atoms with van der Waals surface area (Å²) in [5, 5.41) is 10.7. The normalized spacial score (nSPS) is 10.5. The van der Waals surface area contributed by atoms with Gasteiger partial charge in [0.15, 0.2) is 5.82 Å². The lowest BCUT2D eigenvalue weighted by atomic mass is 10.2. The van der Waals surface area contributed by atoms with Gasteiger partial charge in [-0.1, -0.05) is 12.1 Å². The molecule has 0 radical (unpaired) electrons. The van der Waals surface area contributed by atoms with Crippen molar-refractivity contribution in [3.63, 3.8) is 0 Å². The quantitative estimate of drug-likeness (QED) is 0.573. The molecule has 2 aromatic heterocycles. The third-order valence-corrected chi connectivity index (χ3v) is 3.85. The standard InChI is InChI=1S/C20H14FN5O2/c21-17-4-2-1-3-16(17)20(27)23-14-5-7-15(8-6-14)28-19-10-9-18(24-25-19)26-12-11-22-13-26/h1-13H,(H,23,27). The molecule has 0 unspecified atom stereocenters. The number of amides is 1. The Morgan fingerprint density at radius 3 is 2.50 bits per heavy atom. The summed E-state index contributed by atoms with van der Waals surface area (Å²) in [6.45, 7) is 0. The Morgan fingerprint density at radius 1 is 1.00 bits per heavy atom. The van der Waals surface area contributed by atoms with Crippen LogP contribution in [0.15, 0.2) is 79.4 Å². The zero-order valence-electron chi connectivity index (χ0n) is 14.5. The first-order chi connectivity index (χ1) is 13.7. The number of nitrogens with one attached hydrogen (secondary N) is 1. The number of rotatable bonds is 5. The van der Waals surface area contributed by atoms with Gasteiger partial charge in [-0.2, -0.15) is 0 Å². The number of nitrogens with zero attached hydrogens (tertiary/aromatic N) is 4. The fourth-order valence-corrected chi connectivity index (χ4v) is 2.47. The van der Waals surface area contributed by atoms with Crippen molar-refractivity contribution in [2.45, 2.75) is 0 Å². The Hall–Kier alpha value is -4.07. The second-order valence-electron chi connectivity index (χ2n) is 5.76. The van der Waals surface area contributed by atoms with Gasteiger partial charge < -0.3 is 10.1 Å². The highest BCUT2D eigenvalue weighted by Crippen LogP contribution is 2.22. The lowest BCUT2D eigenvalue weighted by molar-refractivity contribution is 0.102. The van der Waals surface area contributed by atoms with E-state index in [0.717, 1.165) is 0 Å². The van der Waals surface area contributed by atoms with Crippen molar-refractivity contribution >= 4 is 11.6 Å². The molecule has 4 rings (SSSR count). The van der Waals surface area contributed by atoms with Gasteiger partial charge in [-0.25, -0.2) is 9.37 Å². The Balaban J connectivity index is 1.41. The van der Waals surface area contributed by atoms with Gasteiger partial charge in [0.2, 0.25) is 5.88 Å².